The van der Waals surface area contributed by atoms with Crippen LogP contribution in [0.3, 0.4) is 0 Å². The third-order valence-electron chi connectivity index (χ3n) is 1.09. The monoisotopic (exact) mass is 262 g/mol. The molecule has 1 heterocycles. The summed E-state index contributed by atoms with van der Waals surface area (Å²) in [5.74, 6) is 0. The molecule has 0 bridgehead atoms. The Morgan fingerprint density at radius 1 is 1.64 bits per heavy atom. The molecule has 0 saturated heterocycles. The second-order valence-corrected chi connectivity index (χ2v) is 4.08. The zero-order chi connectivity index (χ0) is 11.0. The predicted molar refractivity (Wildman–Crippen MR) is 58.1 cm³/mol. The van der Waals surface area contributed by atoms with Crippen molar-refractivity contribution in [3.63, 3.8) is 0 Å². The van der Waals surface area contributed by atoms with Gasteiger partial charge in [-0.1, -0.05) is 15.9 Å². The maximum Gasteiger partial charge on any atom is 0.293 e. The molecule has 0 saturated carbocycles. The lowest BCUT2D eigenvalue weighted by molar-refractivity contribution is -0.138. The highest BCUT2D eigenvalue weighted by molar-refractivity contribution is 9.08. The number of alkyl halides is 1. The van der Waals surface area contributed by atoms with E-state index < -0.39 is 0 Å². The van der Waals surface area contributed by atoms with E-state index >= 15 is 0 Å². The molecule has 0 fully saturated rings. The molecule has 1 rings (SSSR count). The van der Waals surface area contributed by atoms with Crippen molar-refractivity contribution in [1.29, 1.82) is 0 Å². The maximum absolute atomic E-state index is 9.60. The average molecular weight is 263 g/mol. The van der Waals surface area contributed by atoms with E-state index in [1.807, 2.05) is 27.0 Å². The van der Waals surface area contributed by atoms with E-state index in [4.69, 9.17) is 0 Å². The van der Waals surface area contributed by atoms with Gasteiger partial charge in [0, 0.05) is 11.5 Å². The number of halogens is 1. The van der Waals surface area contributed by atoms with Gasteiger partial charge in [0.15, 0.2) is 0 Å². The van der Waals surface area contributed by atoms with Gasteiger partial charge in [0.1, 0.15) is 5.60 Å². The Morgan fingerprint density at radius 2 is 2.29 bits per heavy atom. The van der Waals surface area contributed by atoms with Crippen LogP contribution in [-0.2, 0) is 14.9 Å². The van der Waals surface area contributed by atoms with Crippen LogP contribution in [0.25, 0.3) is 0 Å². The first-order valence-electron chi connectivity index (χ1n) is 4.14. The molecule has 0 aliphatic rings. The molecule has 0 aromatic carbocycles. The zero-order valence-electron chi connectivity index (χ0n) is 8.58. The maximum atomic E-state index is 9.60. The van der Waals surface area contributed by atoms with Crippen LogP contribution < -0.4 is 0 Å². The summed E-state index contributed by atoms with van der Waals surface area (Å²) < 4.78 is 4.55. The summed E-state index contributed by atoms with van der Waals surface area (Å²) in [4.78, 5) is 16.4. The summed E-state index contributed by atoms with van der Waals surface area (Å²) in [7, 11) is 0. The van der Waals surface area contributed by atoms with Crippen molar-refractivity contribution < 1.29 is 9.53 Å². The molecule has 0 aliphatic carbocycles. The van der Waals surface area contributed by atoms with Gasteiger partial charge < -0.3 is 9.72 Å². The topological polar surface area (TPSA) is 55.0 Å². The molecule has 1 aromatic heterocycles. The Morgan fingerprint density at radius 3 is 2.43 bits per heavy atom. The standard InChI is InChI=1S/C5H10O2.C4H5BrN2/c1-5(2,3)7-4-6;5-1-4-2-6-3-7-4/h4H,1-3H3;2-3H,1H2,(H,6,7). The molecule has 80 valence electrons. The van der Waals surface area contributed by atoms with Gasteiger partial charge in [0.2, 0.25) is 0 Å². The molecular formula is C9H15BrN2O2. The van der Waals surface area contributed by atoms with Gasteiger partial charge in [-0.05, 0) is 20.8 Å². The smallest absolute Gasteiger partial charge is 0.293 e. The minimum atomic E-state index is -0.318. The molecule has 1 aromatic rings. The summed E-state index contributed by atoms with van der Waals surface area (Å²) >= 11 is 3.25. The quantitative estimate of drug-likeness (QED) is 0.657. The Hall–Kier alpha value is -0.840. The van der Waals surface area contributed by atoms with Gasteiger partial charge in [-0.2, -0.15) is 0 Å². The van der Waals surface area contributed by atoms with Crippen molar-refractivity contribution >= 4 is 22.4 Å². The fraction of sp³-hybridized carbons (Fsp3) is 0.556. The summed E-state index contributed by atoms with van der Waals surface area (Å²) in [5, 5.41) is 0.830. The third kappa shape index (κ3) is 7.79. The molecule has 0 radical (unpaired) electrons. The number of aromatic nitrogens is 2. The molecule has 1 N–H and O–H groups in total. The summed E-state index contributed by atoms with van der Waals surface area (Å²) in [6.45, 7) is 5.92. The van der Waals surface area contributed by atoms with E-state index in [9.17, 15) is 4.79 Å². The van der Waals surface area contributed by atoms with Crippen molar-refractivity contribution in [3.8, 4) is 0 Å². The minimum Gasteiger partial charge on any atom is -0.462 e. The van der Waals surface area contributed by atoms with Crippen LogP contribution in [0.5, 0.6) is 0 Å². The number of hydrogen-bond acceptors (Lipinski definition) is 3. The Balaban J connectivity index is 0.000000241. The van der Waals surface area contributed by atoms with Crippen LogP contribution in [0, 0.1) is 0 Å². The number of hydrogen-bond donors (Lipinski definition) is 1. The minimum absolute atomic E-state index is 0.318. The van der Waals surface area contributed by atoms with Crippen molar-refractivity contribution in [2.45, 2.75) is 31.7 Å². The number of imidazole rings is 1. The summed E-state index contributed by atoms with van der Waals surface area (Å²) in [6, 6.07) is 0. The largest absolute Gasteiger partial charge is 0.462 e. The van der Waals surface area contributed by atoms with Crippen molar-refractivity contribution in [2.75, 3.05) is 0 Å². The summed E-state index contributed by atoms with van der Waals surface area (Å²) in [5.41, 5.74) is 0.724. The number of rotatable bonds is 2. The molecule has 0 unspecified atom stereocenters. The molecule has 0 atom stereocenters. The normalized spacial score (nSPS) is 10.0. The lowest BCUT2D eigenvalue weighted by atomic mass is 10.2. The lowest BCUT2D eigenvalue weighted by Gasteiger charge is -2.14. The zero-order valence-corrected chi connectivity index (χ0v) is 10.2. The van der Waals surface area contributed by atoms with Crippen LogP contribution in [0.1, 0.15) is 26.5 Å². The molecule has 5 heteroatoms. The highest BCUT2D eigenvalue weighted by Gasteiger charge is 2.07. The van der Waals surface area contributed by atoms with Gasteiger partial charge in [-0.25, -0.2) is 4.98 Å². The number of ether oxygens (including phenoxy) is 1. The van der Waals surface area contributed by atoms with Crippen LogP contribution >= 0.6 is 15.9 Å². The SMILES string of the molecule is BrCc1c[nH]cn1.CC(C)(C)OC=O. The fourth-order valence-electron chi connectivity index (χ4n) is 0.508. The van der Waals surface area contributed by atoms with Crippen LogP contribution in [0.15, 0.2) is 12.5 Å². The third-order valence-corrected chi connectivity index (χ3v) is 1.67. The predicted octanol–water partition coefficient (Wildman–Crippen LogP) is 2.26. The second-order valence-electron chi connectivity index (χ2n) is 3.52. The lowest BCUT2D eigenvalue weighted by Crippen LogP contribution is -2.17. The van der Waals surface area contributed by atoms with E-state index in [1.165, 1.54) is 0 Å². The van der Waals surface area contributed by atoms with Crippen molar-refractivity contribution in [1.82, 2.24) is 9.97 Å². The van der Waals surface area contributed by atoms with E-state index in [-0.39, 0.29) is 5.60 Å². The van der Waals surface area contributed by atoms with Crippen LogP contribution in [0.4, 0.5) is 0 Å². The van der Waals surface area contributed by atoms with E-state index in [2.05, 4.69) is 30.6 Å². The van der Waals surface area contributed by atoms with Crippen LogP contribution in [0.2, 0.25) is 0 Å². The number of H-pyrrole nitrogens is 1. The number of nitrogens with zero attached hydrogens (tertiary/aromatic N) is 1. The number of aromatic amines is 1. The number of carbonyl (C=O) groups is 1. The molecule has 0 spiro atoms. The molecular weight excluding hydrogens is 248 g/mol. The highest BCUT2D eigenvalue weighted by Crippen LogP contribution is 2.02. The number of nitrogens with one attached hydrogen (secondary N) is 1. The van der Waals surface area contributed by atoms with Gasteiger partial charge >= 0.3 is 0 Å². The average Bonchev–Trinajstić information content (AvgIpc) is 2.54. The van der Waals surface area contributed by atoms with Crippen LogP contribution in [-0.4, -0.2) is 22.0 Å². The van der Waals surface area contributed by atoms with Gasteiger partial charge in [0.25, 0.3) is 6.47 Å². The number of carbonyl (C=O) groups excluding carboxylic acids is 1. The first kappa shape index (κ1) is 13.2. The Labute approximate surface area is 92.2 Å². The van der Waals surface area contributed by atoms with Crippen molar-refractivity contribution in [2.24, 2.45) is 0 Å². The first-order valence-corrected chi connectivity index (χ1v) is 5.27. The van der Waals surface area contributed by atoms with E-state index in [1.54, 1.807) is 6.33 Å². The molecule has 0 aliphatic heterocycles. The summed E-state index contributed by atoms with van der Waals surface area (Å²) in [6.07, 6.45) is 3.52. The van der Waals surface area contributed by atoms with Gasteiger partial charge in [-0.15, -0.1) is 0 Å². The van der Waals surface area contributed by atoms with Crippen molar-refractivity contribution in [3.05, 3.63) is 18.2 Å². The molecule has 0 amide bonds. The fourth-order valence-corrected chi connectivity index (χ4v) is 0.815. The van der Waals surface area contributed by atoms with E-state index in [0.29, 0.717) is 6.47 Å². The first-order chi connectivity index (χ1) is 6.49. The Bertz CT molecular complexity index is 242. The Kier molecular flexibility index (Phi) is 6.19. The highest BCUT2D eigenvalue weighted by atomic mass is 79.9. The second kappa shape index (κ2) is 6.59. The molecule has 4 nitrogen and oxygen atoms in total. The van der Waals surface area contributed by atoms with E-state index in [0.717, 1.165) is 11.0 Å². The van der Waals surface area contributed by atoms with Gasteiger partial charge in [0.05, 0.1) is 12.0 Å². The molecule has 14 heavy (non-hydrogen) atoms. The van der Waals surface area contributed by atoms with Gasteiger partial charge in [-0.3, -0.25) is 4.79 Å².